The minimum atomic E-state index is 0.380. The van der Waals surface area contributed by atoms with Crippen LogP contribution >= 0.6 is 0 Å². The lowest BCUT2D eigenvalue weighted by atomic mass is 10.1. The molecule has 1 aliphatic rings. The fourth-order valence-corrected chi connectivity index (χ4v) is 1.74. The standard InChI is InChI=1S/C9H18N2O/c1-2-11-6-4-3-5-9(7-11)10-8-12/h8-9H,2-7H2,1H3,(H,10,12). The van der Waals surface area contributed by atoms with Crippen LogP contribution in [0.4, 0.5) is 0 Å². The minimum absolute atomic E-state index is 0.380. The fraction of sp³-hybridized carbons (Fsp3) is 0.889. The SMILES string of the molecule is CCN1CCCCC(NC=O)C1. The van der Waals surface area contributed by atoms with E-state index in [1.54, 1.807) is 0 Å². The van der Waals surface area contributed by atoms with Crippen LogP contribution < -0.4 is 5.32 Å². The summed E-state index contributed by atoms with van der Waals surface area (Å²) < 4.78 is 0. The normalized spacial score (nSPS) is 26.2. The predicted molar refractivity (Wildman–Crippen MR) is 49.0 cm³/mol. The first-order valence-electron chi connectivity index (χ1n) is 4.79. The summed E-state index contributed by atoms with van der Waals surface area (Å²) in [6.07, 6.45) is 4.46. The van der Waals surface area contributed by atoms with E-state index in [0.29, 0.717) is 6.04 Å². The number of likely N-dealkylation sites (N-methyl/N-ethyl adjacent to an activating group) is 1. The van der Waals surface area contributed by atoms with Gasteiger partial charge in [-0.1, -0.05) is 13.3 Å². The van der Waals surface area contributed by atoms with Gasteiger partial charge in [0.05, 0.1) is 0 Å². The van der Waals surface area contributed by atoms with Crippen LogP contribution in [0.25, 0.3) is 0 Å². The third-order valence-corrected chi connectivity index (χ3v) is 2.51. The predicted octanol–water partition coefficient (Wildman–Crippen LogP) is 0.607. The topological polar surface area (TPSA) is 32.3 Å². The molecule has 1 heterocycles. The lowest BCUT2D eigenvalue weighted by molar-refractivity contribution is -0.110. The van der Waals surface area contributed by atoms with Gasteiger partial charge in [0.1, 0.15) is 0 Å². The van der Waals surface area contributed by atoms with E-state index in [-0.39, 0.29) is 0 Å². The van der Waals surface area contributed by atoms with E-state index < -0.39 is 0 Å². The summed E-state index contributed by atoms with van der Waals surface area (Å²) in [6.45, 7) is 5.48. The van der Waals surface area contributed by atoms with Crippen LogP contribution in [-0.4, -0.2) is 37.0 Å². The van der Waals surface area contributed by atoms with Gasteiger partial charge < -0.3 is 10.2 Å². The van der Waals surface area contributed by atoms with E-state index in [9.17, 15) is 4.79 Å². The van der Waals surface area contributed by atoms with E-state index >= 15 is 0 Å². The van der Waals surface area contributed by atoms with Crippen molar-refractivity contribution < 1.29 is 4.79 Å². The van der Waals surface area contributed by atoms with Gasteiger partial charge >= 0.3 is 0 Å². The van der Waals surface area contributed by atoms with Gasteiger partial charge in [0.2, 0.25) is 6.41 Å². The Bertz CT molecular complexity index is 138. The molecule has 70 valence electrons. The smallest absolute Gasteiger partial charge is 0.207 e. The largest absolute Gasteiger partial charge is 0.355 e. The summed E-state index contributed by atoms with van der Waals surface area (Å²) in [7, 11) is 0. The molecule has 3 nitrogen and oxygen atoms in total. The molecule has 1 unspecified atom stereocenters. The molecule has 1 amide bonds. The number of hydrogen-bond acceptors (Lipinski definition) is 2. The monoisotopic (exact) mass is 170 g/mol. The second-order valence-corrected chi connectivity index (χ2v) is 3.37. The second kappa shape index (κ2) is 5.14. The second-order valence-electron chi connectivity index (χ2n) is 3.37. The van der Waals surface area contributed by atoms with E-state index in [1.165, 1.54) is 19.4 Å². The number of carbonyl (C=O) groups is 1. The molecule has 0 spiro atoms. The Kier molecular flexibility index (Phi) is 4.08. The van der Waals surface area contributed by atoms with Crippen molar-refractivity contribution in [1.82, 2.24) is 10.2 Å². The molecule has 1 N–H and O–H groups in total. The van der Waals surface area contributed by atoms with E-state index in [0.717, 1.165) is 25.9 Å². The zero-order valence-corrected chi connectivity index (χ0v) is 7.75. The summed E-state index contributed by atoms with van der Waals surface area (Å²) in [5.74, 6) is 0. The number of hydrogen-bond donors (Lipinski definition) is 1. The van der Waals surface area contributed by atoms with Crippen LogP contribution in [-0.2, 0) is 4.79 Å². The first-order valence-corrected chi connectivity index (χ1v) is 4.79. The molecule has 0 aromatic rings. The molecule has 0 aromatic carbocycles. The van der Waals surface area contributed by atoms with Crippen molar-refractivity contribution in [2.24, 2.45) is 0 Å². The molecule has 0 saturated carbocycles. The molecule has 1 atom stereocenters. The highest BCUT2D eigenvalue weighted by Gasteiger charge is 2.15. The third-order valence-electron chi connectivity index (χ3n) is 2.51. The lowest BCUT2D eigenvalue weighted by Crippen LogP contribution is -2.38. The van der Waals surface area contributed by atoms with Gasteiger partial charge in [-0.05, 0) is 25.9 Å². The molecule has 1 aliphatic heterocycles. The summed E-state index contributed by atoms with van der Waals surface area (Å²) in [4.78, 5) is 12.6. The molecule has 0 bridgehead atoms. The zero-order valence-electron chi connectivity index (χ0n) is 7.75. The maximum atomic E-state index is 10.3. The molecular formula is C9H18N2O. The van der Waals surface area contributed by atoms with Crippen LogP contribution in [0.2, 0.25) is 0 Å². The molecular weight excluding hydrogens is 152 g/mol. The summed E-state index contributed by atoms with van der Waals surface area (Å²) in [5.41, 5.74) is 0. The number of rotatable bonds is 3. The number of amides is 1. The van der Waals surface area contributed by atoms with Gasteiger partial charge in [0, 0.05) is 12.6 Å². The molecule has 0 aliphatic carbocycles. The average molecular weight is 170 g/mol. The Morgan fingerprint density at radius 2 is 2.42 bits per heavy atom. The van der Waals surface area contributed by atoms with Crippen molar-refractivity contribution in [1.29, 1.82) is 0 Å². The quantitative estimate of drug-likeness (QED) is 0.629. The Balaban J connectivity index is 2.35. The Labute approximate surface area is 74.1 Å². The van der Waals surface area contributed by atoms with Gasteiger partial charge in [-0.25, -0.2) is 0 Å². The van der Waals surface area contributed by atoms with Crippen molar-refractivity contribution in [3.05, 3.63) is 0 Å². The number of nitrogens with zero attached hydrogens (tertiary/aromatic N) is 1. The highest BCUT2D eigenvalue weighted by molar-refractivity contribution is 5.46. The summed E-state index contributed by atoms with van der Waals surface area (Å²) in [6, 6.07) is 0.380. The molecule has 1 fully saturated rings. The van der Waals surface area contributed by atoms with Crippen molar-refractivity contribution in [3.63, 3.8) is 0 Å². The average Bonchev–Trinajstić information content (AvgIpc) is 2.30. The van der Waals surface area contributed by atoms with Crippen LogP contribution in [0.3, 0.4) is 0 Å². The highest BCUT2D eigenvalue weighted by Crippen LogP contribution is 2.09. The number of nitrogens with one attached hydrogen (secondary N) is 1. The molecule has 0 radical (unpaired) electrons. The van der Waals surface area contributed by atoms with Gasteiger partial charge in [-0.15, -0.1) is 0 Å². The molecule has 1 rings (SSSR count). The van der Waals surface area contributed by atoms with Gasteiger partial charge in [0.25, 0.3) is 0 Å². The maximum absolute atomic E-state index is 10.3. The molecule has 3 heteroatoms. The maximum Gasteiger partial charge on any atom is 0.207 e. The first-order chi connectivity index (χ1) is 5.86. The van der Waals surface area contributed by atoms with Crippen molar-refractivity contribution in [2.75, 3.05) is 19.6 Å². The van der Waals surface area contributed by atoms with E-state index in [2.05, 4.69) is 17.1 Å². The highest BCUT2D eigenvalue weighted by atomic mass is 16.1. The third kappa shape index (κ3) is 2.81. The van der Waals surface area contributed by atoms with E-state index in [1.807, 2.05) is 0 Å². The van der Waals surface area contributed by atoms with Gasteiger partial charge in [-0.2, -0.15) is 0 Å². The molecule has 1 saturated heterocycles. The Hall–Kier alpha value is -0.570. The van der Waals surface area contributed by atoms with Gasteiger partial charge in [-0.3, -0.25) is 4.79 Å². The summed E-state index contributed by atoms with van der Waals surface area (Å²) >= 11 is 0. The van der Waals surface area contributed by atoms with Crippen LogP contribution in [0.1, 0.15) is 26.2 Å². The summed E-state index contributed by atoms with van der Waals surface area (Å²) in [5, 5.41) is 2.87. The van der Waals surface area contributed by atoms with E-state index in [4.69, 9.17) is 0 Å². The van der Waals surface area contributed by atoms with Crippen LogP contribution in [0.15, 0.2) is 0 Å². The van der Waals surface area contributed by atoms with Crippen molar-refractivity contribution >= 4 is 6.41 Å². The molecule has 12 heavy (non-hydrogen) atoms. The van der Waals surface area contributed by atoms with Crippen LogP contribution in [0, 0.1) is 0 Å². The van der Waals surface area contributed by atoms with Crippen LogP contribution in [0.5, 0.6) is 0 Å². The Morgan fingerprint density at radius 3 is 3.08 bits per heavy atom. The Morgan fingerprint density at radius 1 is 1.58 bits per heavy atom. The molecule has 0 aromatic heterocycles. The number of carbonyl (C=O) groups excluding carboxylic acids is 1. The van der Waals surface area contributed by atoms with Gasteiger partial charge in [0.15, 0.2) is 0 Å². The minimum Gasteiger partial charge on any atom is -0.355 e. The van der Waals surface area contributed by atoms with Crippen molar-refractivity contribution in [2.45, 2.75) is 32.2 Å². The van der Waals surface area contributed by atoms with Crippen molar-refractivity contribution in [3.8, 4) is 0 Å². The zero-order chi connectivity index (χ0) is 8.81. The first kappa shape index (κ1) is 9.52. The fourth-order valence-electron chi connectivity index (χ4n) is 1.74. The number of likely N-dealkylation sites (tertiary alicyclic amines) is 1. The lowest BCUT2D eigenvalue weighted by Gasteiger charge is -2.21.